The Kier molecular flexibility index (Phi) is 8.48. The van der Waals surface area contributed by atoms with Gasteiger partial charge in [0.1, 0.15) is 34.7 Å². The summed E-state index contributed by atoms with van der Waals surface area (Å²) in [6.45, 7) is 10.3. The number of hydrogen-bond acceptors (Lipinski definition) is 7. The number of aliphatic imine (C=N–C) groups is 2. The van der Waals surface area contributed by atoms with E-state index in [1.165, 1.54) is 13.0 Å². The lowest BCUT2D eigenvalue weighted by Crippen LogP contribution is -2.35. The summed E-state index contributed by atoms with van der Waals surface area (Å²) in [5, 5.41) is 9.71. The van der Waals surface area contributed by atoms with E-state index in [2.05, 4.69) is 41.9 Å². The Morgan fingerprint density at radius 2 is 1.76 bits per heavy atom. The van der Waals surface area contributed by atoms with Crippen LogP contribution in [0.2, 0.25) is 0 Å². The zero-order chi connectivity index (χ0) is 27.3. The first-order valence-electron chi connectivity index (χ1n) is 11.2. The molecule has 0 aliphatic rings. The number of pyridine rings is 1. The molecule has 0 aliphatic heterocycles. The van der Waals surface area contributed by atoms with Crippen LogP contribution in [0.5, 0.6) is 0 Å². The molecule has 196 valence electrons. The fraction of sp³-hybridized carbons (Fsp3) is 0.292. The molecule has 10 nitrogen and oxygen atoms in total. The van der Waals surface area contributed by atoms with Crippen molar-refractivity contribution in [2.45, 2.75) is 32.9 Å². The summed E-state index contributed by atoms with van der Waals surface area (Å²) < 4.78 is 59.8. The smallest absolute Gasteiger partial charge is 0.243 e. The quantitative estimate of drug-likeness (QED) is 0.311. The monoisotopic (exact) mass is 530 g/mol. The van der Waals surface area contributed by atoms with Crippen molar-refractivity contribution in [1.82, 2.24) is 19.7 Å². The summed E-state index contributed by atoms with van der Waals surface area (Å²) in [4.78, 5) is 12.4. The van der Waals surface area contributed by atoms with Gasteiger partial charge in [0.05, 0.1) is 5.25 Å². The van der Waals surface area contributed by atoms with Crippen molar-refractivity contribution in [3.63, 3.8) is 0 Å². The van der Waals surface area contributed by atoms with E-state index in [-0.39, 0.29) is 17.4 Å². The molecule has 0 aliphatic carbocycles. The minimum absolute atomic E-state index is 0.0712. The number of benzene rings is 1. The molecule has 2 aromatic heterocycles. The van der Waals surface area contributed by atoms with Gasteiger partial charge >= 0.3 is 0 Å². The van der Waals surface area contributed by atoms with Gasteiger partial charge < -0.3 is 5.32 Å². The van der Waals surface area contributed by atoms with Crippen LogP contribution in [0.4, 0.5) is 20.5 Å². The van der Waals surface area contributed by atoms with Gasteiger partial charge in [-0.05, 0) is 51.8 Å². The summed E-state index contributed by atoms with van der Waals surface area (Å²) in [5.41, 5.74) is 0.544. The lowest BCUT2D eigenvalue weighted by molar-refractivity contribution is 0.567. The second kappa shape index (κ2) is 11.4. The molecule has 3 aromatic rings. The van der Waals surface area contributed by atoms with Crippen LogP contribution >= 0.6 is 0 Å². The van der Waals surface area contributed by atoms with Gasteiger partial charge in [-0.3, -0.25) is 9.29 Å². The zero-order valence-corrected chi connectivity index (χ0v) is 21.9. The van der Waals surface area contributed by atoms with Crippen molar-refractivity contribution in [2.24, 2.45) is 15.9 Å². The molecule has 2 heterocycles. The molecule has 0 radical (unpaired) electrons. The number of aromatic nitrogens is 4. The average Bonchev–Trinajstić information content (AvgIpc) is 3.25. The van der Waals surface area contributed by atoms with Crippen molar-refractivity contribution in [1.29, 1.82) is 0 Å². The van der Waals surface area contributed by atoms with Crippen LogP contribution in [0.1, 0.15) is 27.7 Å². The molecule has 1 aromatic carbocycles. The number of allylic oxidation sites excluding steroid dienone is 1. The number of hydrogen-bond donors (Lipinski definition) is 2. The zero-order valence-electron chi connectivity index (χ0n) is 21.1. The number of rotatable bonds is 9. The number of nitrogens with zero attached hydrogens (tertiary/aromatic N) is 6. The minimum Gasteiger partial charge on any atom is -0.373 e. The molecule has 0 bridgehead atoms. The Morgan fingerprint density at radius 3 is 2.35 bits per heavy atom. The third kappa shape index (κ3) is 6.05. The summed E-state index contributed by atoms with van der Waals surface area (Å²) >= 11 is 0. The Bertz CT molecular complexity index is 1440. The second-order valence-electron chi connectivity index (χ2n) is 8.40. The molecule has 0 spiro atoms. The molecular weight excluding hydrogens is 502 g/mol. The van der Waals surface area contributed by atoms with E-state index in [0.717, 1.165) is 22.3 Å². The van der Waals surface area contributed by atoms with E-state index in [0.29, 0.717) is 5.82 Å². The maximum Gasteiger partial charge on any atom is 0.243 e. The molecule has 13 heteroatoms. The Labute approximate surface area is 214 Å². The van der Waals surface area contributed by atoms with Crippen molar-refractivity contribution >= 4 is 34.3 Å². The summed E-state index contributed by atoms with van der Waals surface area (Å²) in [7, 11) is -2.53. The third-order valence-electron chi connectivity index (χ3n) is 5.51. The van der Waals surface area contributed by atoms with Gasteiger partial charge in [-0.2, -0.15) is 0 Å². The highest BCUT2D eigenvalue weighted by Gasteiger charge is 2.32. The lowest BCUT2D eigenvalue weighted by Gasteiger charge is -2.21. The van der Waals surface area contributed by atoms with Gasteiger partial charge in [0.2, 0.25) is 16.0 Å². The van der Waals surface area contributed by atoms with E-state index in [1.54, 1.807) is 38.4 Å². The number of halogens is 2. The Balaban J connectivity index is 2.12. The predicted molar refractivity (Wildman–Crippen MR) is 142 cm³/mol. The summed E-state index contributed by atoms with van der Waals surface area (Å²) in [5.74, 6) is -2.37. The fourth-order valence-electron chi connectivity index (χ4n) is 3.33. The number of sulfonamides is 1. The first-order valence-corrected chi connectivity index (χ1v) is 12.8. The third-order valence-corrected chi connectivity index (χ3v) is 7.36. The van der Waals surface area contributed by atoms with Gasteiger partial charge in [-0.25, -0.2) is 32.2 Å². The van der Waals surface area contributed by atoms with Crippen molar-refractivity contribution < 1.29 is 17.2 Å². The molecule has 2 atom stereocenters. The van der Waals surface area contributed by atoms with E-state index < -0.39 is 44.5 Å². The van der Waals surface area contributed by atoms with Crippen molar-refractivity contribution in [3.05, 3.63) is 59.8 Å². The molecule has 0 saturated heterocycles. The minimum atomic E-state index is -4.18. The summed E-state index contributed by atoms with van der Waals surface area (Å²) in [6.07, 6.45) is 1.56. The van der Waals surface area contributed by atoms with Gasteiger partial charge in [-0.1, -0.05) is 24.6 Å². The van der Waals surface area contributed by atoms with Gasteiger partial charge in [0.25, 0.3) is 0 Å². The molecule has 0 fully saturated rings. The van der Waals surface area contributed by atoms with E-state index >= 15 is 0 Å². The van der Waals surface area contributed by atoms with Gasteiger partial charge in [0.15, 0.2) is 5.82 Å². The molecule has 37 heavy (non-hydrogen) atoms. The normalized spacial score (nSPS) is 13.5. The first-order chi connectivity index (χ1) is 17.5. The highest BCUT2D eigenvalue weighted by atomic mass is 32.2. The first kappa shape index (κ1) is 27.6. The van der Waals surface area contributed by atoms with Crippen LogP contribution < -0.4 is 10.0 Å². The molecular formula is C24H28F2N8O2S. The number of nitrogens with one attached hydrogen (secondary N) is 2. The molecule has 0 amide bonds. The van der Waals surface area contributed by atoms with Gasteiger partial charge in [0, 0.05) is 19.2 Å². The molecule has 0 unspecified atom stereocenters. The van der Waals surface area contributed by atoms with E-state index in [4.69, 9.17) is 0 Å². The topological polar surface area (TPSA) is 127 Å². The fourth-order valence-corrected chi connectivity index (χ4v) is 4.56. The Hall–Kier alpha value is -4.00. The highest BCUT2D eigenvalue weighted by Crippen LogP contribution is 2.29. The number of amidine groups is 1. The average molecular weight is 531 g/mol. The standard InChI is InChI=1S/C24H28F2N8O2S/c1-14(2)13-29-22(28-6)15(3)16(4)37(35,36)33-24-32-31-23(19-11-8-12-20(27-5)30-19)34(24)21-17(25)9-7-10-18(21)26/h7-13,15-16H,6H2,1-5H3,(H,27,30)(H,32,33)/t15-,16-/m0/s1. The van der Waals surface area contributed by atoms with Crippen molar-refractivity contribution in [3.8, 4) is 17.2 Å². The highest BCUT2D eigenvalue weighted by molar-refractivity contribution is 7.93. The lowest BCUT2D eigenvalue weighted by atomic mass is 10.1. The maximum absolute atomic E-state index is 14.9. The Morgan fingerprint density at radius 1 is 1.11 bits per heavy atom. The SMILES string of the molecule is C=NC(=NC=C(C)C)[C@@H](C)[C@H](C)S(=O)(=O)Nc1nnc(-c2cccc(NC)n2)n1-c1c(F)cccc1F. The largest absolute Gasteiger partial charge is 0.373 e. The van der Waals surface area contributed by atoms with Crippen LogP contribution in [-0.4, -0.2) is 53.0 Å². The molecule has 3 rings (SSSR count). The van der Waals surface area contributed by atoms with Crippen LogP contribution in [0.25, 0.3) is 17.2 Å². The molecule has 2 N–H and O–H groups in total. The van der Waals surface area contributed by atoms with Crippen LogP contribution in [0.3, 0.4) is 0 Å². The van der Waals surface area contributed by atoms with Crippen LogP contribution in [-0.2, 0) is 10.0 Å². The second-order valence-corrected chi connectivity index (χ2v) is 10.4. The summed E-state index contributed by atoms with van der Waals surface area (Å²) in [6, 6.07) is 8.19. The van der Waals surface area contributed by atoms with Crippen LogP contribution in [0.15, 0.2) is 58.2 Å². The van der Waals surface area contributed by atoms with E-state index in [1.807, 2.05) is 13.8 Å². The molecule has 0 saturated carbocycles. The van der Waals surface area contributed by atoms with Gasteiger partial charge in [-0.15, -0.1) is 10.2 Å². The predicted octanol–water partition coefficient (Wildman–Crippen LogP) is 4.44. The maximum atomic E-state index is 14.9. The van der Waals surface area contributed by atoms with Crippen LogP contribution in [0, 0.1) is 17.6 Å². The van der Waals surface area contributed by atoms with Crippen molar-refractivity contribution in [2.75, 3.05) is 17.1 Å². The van der Waals surface area contributed by atoms with E-state index in [9.17, 15) is 17.2 Å². The number of anilines is 2. The number of para-hydroxylation sites is 1.